The first-order valence-corrected chi connectivity index (χ1v) is 7.31. The van der Waals surface area contributed by atoms with Crippen LogP contribution < -0.4 is 10.9 Å². The van der Waals surface area contributed by atoms with Crippen LogP contribution in [0.4, 0.5) is 5.82 Å². The number of hydrogen-bond acceptors (Lipinski definition) is 4. The van der Waals surface area contributed by atoms with Crippen LogP contribution in [0, 0.1) is 6.92 Å². The number of anilines is 1. The zero-order valence-electron chi connectivity index (χ0n) is 11.6. The van der Waals surface area contributed by atoms with E-state index < -0.39 is 0 Å². The van der Waals surface area contributed by atoms with Gasteiger partial charge in [0.2, 0.25) is 0 Å². The monoisotopic (exact) mass is 336 g/mol. The van der Waals surface area contributed by atoms with E-state index in [0.717, 1.165) is 24.3 Å². The number of halogens is 1. The van der Waals surface area contributed by atoms with Crippen LogP contribution in [-0.4, -0.2) is 21.1 Å². The van der Waals surface area contributed by atoms with Gasteiger partial charge in [0.25, 0.3) is 5.56 Å². The Balaban J connectivity index is 2.22. The van der Waals surface area contributed by atoms with Gasteiger partial charge in [-0.1, -0.05) is 6.92 Å². The van der Waals surface area contributed by atoms with E-state index >= 15 is 0 Å². The van der Waals surface area contributed by atoms with Crippen LogP contribution in [0.15, 0.2) is 33.9 Å². The number of rotatable bonds is 5. The van der Waals surface area contributed by atoms with Crippen LogP contribution in [0.25, 0.3) is 0 Å². The molecule has 2 heterocycles. The highest BCUT2D eigenvalue weighted by atomic mass is 79.9. The molecule has 0 spiro atoms. The number of nitrogens with one attached hydrogen (secondary N) is 1. The van der Waals surface area contributed by atoms with Crippen molar-refractivity contribution in [1.29, 1.82) is 0 Å². The van der Waals surface area contributed by atoms with Crippen molar-refractivity contribution in [3.8, 4) is 0 Å². The first kappa shape index (κ1) is 14.7. The Morgan fingerprint density at radius 2 is 2.20 bits per heavy atom. The third kappa shape index (κ3) is 3.45. The predicted octanol–water partition coefficient (Wildman–Crippen LogP) is 2.58. The Morgan fingerprint density at radius 1 is 1.40 bits per heavy atom. The molecule has 6 heteroatoms. The third-order valence-corrected chi connectivity index (χ3v) is 3.80. The van der Waals surface area contributed by atoms with Crippen molar-refractivity contribution >= 4 is 21.7 Å². The number of aryl methyl sites for hydroxylation is 1. The van der Waals surface area contributed by atoms with Gasteiger partial charge in [-0.3, -0.25) is 9.36 Å². The summed E-state index contributed by atoms with van der Waals surface area (Å²) in [7, 11) is 0. The van der Waals surface area contributed by atoms with Crippen LogP contribution in [-0.2, 0) is 6.54 Å². The molecule has 0 aliphatic rings. The second-order valence-corrected chi connectivity index (χ2v) is 5.35. The molecule has 0 saturated carbocycles. The molecule has 5 nitrogen and oxygen atoms in total. The van der Waals surface area contributed by atoms with Gasteiger partial charge in [0.05, 0.1) is 18.6 Å². The van der Waals surface area contributed by atoms with Crippen LogP contribution in [0.3, 0.4) is 0 Å². The molecule has 0 aliphatic heterocycles. The largest absolute Gasteiger partial charge is 0.370 e. The maximum atomic E-state index is 12.1. The molecule has 106 valence electrons. The predicted molar refractivity (Wildman–Crippen MR) is 83.1 cm³/mol. The highest BCUT2D eigenvalue weighted by molar-refractivity contribution is 9.10. The van der Waals surface area contributed by atoms with Crippen molar-refractivity contribution in [2.24, 2.45) is 0 Å². The van der Waals surface area contributed by atoms with Gasteiger partial charge in [0.1, 0.15) is 10.3 Å². The average molecular weight is 337 g/mol. The van der Waals surface area contributed by atoms with E-state index in [9.17, 15) is 4.79 Å². The quantitative estimate of drug-likeness (QED) is 0.911. The maximum Gasteiger partial charge on any atom is 0.268 e. The van der Waals surface area contributed by atoms with Gasteiger partial charge in [-0.25, -0.2) is 9.97 Å². The van der Waals surface area contributed by atoms with E-state index in [-0.39, 0.29) is 5.56 Å². The Hall–Kier alpha value is -1.69. The lowest BCUT2D eigenvalue weighted by Crippen LogP contribution is -2.22. The first-order chi connectivity index (χ1) is 9.61. The molecule has 2 aromatic heterocycles. The second kappa shape index (κ2) is 6.65. The molecular weight excluding hydrogens is 320 g/mol. The molecule has 1 N–H and O–H groups in total. The van der Waals surface area contributed by atoms with Crippen LogP contribution in [0.1, 0.15) is 24.6 Å². The summed E-state index contributed by atoms with van der Waals surface area (Å²) in [6, 6.07) is 3.85. The zero-order valence-corrected chi connectivity index (χ0v) is 13.1. The molecular formula is C14H17BrN4O. The molecule has 0 atom stereocenters. The molecule has 2 aromatic rings. The average Bonchev–Trinajstić information content (AvgIpc) is 2.46. The third-order valence-electron chi connectivity index (χ3n) is 2.89. The highest BCUT2D eigenvalue weighted by Crippen LogP contribution is 2.10. The summed E-state index contributed by atoms with van der Waals surface area (Å²) in [5.74, 6) is 0.830. The van der Waals surface area contributed by atoms with Crippen LogP contribution in [0.2, 0.25) is 0 Å². The number of pyridine rings is 1. The number of hydrogen-bond donors (Lipinski definition) is 1. The molecule has 20 heavy (non-hydrogen) atoms. The molecule has 0 radical (unpaired) electrons. The lowest BCUT2D eigenvalue weighted by molar-refractivity contribution is 0.723. The van der Waals surface area contributed by atoms with Gasteiger partial charge in [-0.15, -0.1) is 0 Å². The maximum absolute atomic E-state index is 12.1. The van der Waals surface area contributed by atoms with Crippen molar-refractivity contribution in [3.05, 3.63) is 50.7 Å². The van der Waals surface area contributed by atoms with Crippen molar-refractivity contribution in [2.45, 2.75) is 26.8 Å². The van der Waals surface area contributed by atoms with Gasteiger partial charge >= 0.3 is 0 Å². The van der Waals surface area contributed by atoms with E-state index in [1.54, 1.807) is 24.0 Å². The summed E-state index contributed by atoms with van der Waals surface area (Å²) in [6.45, 7) is 5.27. The molecule has 0 aliphatic carbocycles. The summed E-state index contributed by atoms with van der Waals surface area (Å²) in [6.07, 6.45) is 4.36. The highest BCUT2D eigenvalue weighted by Gasteiger charge is 2.06. The minimum Gasteiger partial charge on any atom is -0.370 e. The van der Waals surface area contributed by atoms with Gasteiger partial charge in [0, 0.05) is 12.7 Å². The van der Waals surface area contributed by atoms with E-state index in [0.29, 0.717) is 16.7 Å². The Bertz CT molecular complexity index is 654. The van der Waals surface area contributed by atoms with Crippen molar-refractivity contribution in [3.63, 3.8) is 0 Å². The van der Waals surface area contributed by atoms with Crippen molar-refractivity contribution in [2.75, 3.05) is 11.9 Å². The zero-order chi connectivity index (χ0) is 14.5. The molecule has 0 fully saturated rings. The Morgan fingerprint density at radius 3 is 2.95 bits per heavy atom. The van der Waals surface area contributed by atoms with Gasteiger partial charge in [0.15, 0.2) is 0 Å². The molecule has 0 aromatic carbocycles. The standard InChI is InChI=1S/C14H17BrN4O/c1-3-5-16-12-7-11(4-6-17-12)8-19-9-18-10(2)13(15)14(19)20/h4,6-7,9H,3,5,8H2,1-2H3,(H,16,17). The topological polar surface area (TPSA) is 59.8 Å². The van der Waals surface area contributed by atoms with E-state index in [2.05, 4.69) is 38.1 Å². The summed E-state index contributed by atoms with van der Waals surface area (Å²) < 4.78 is 2.09. The van der Waals surface area contributed by atoms with Gasteiger partial charge in [-0.05, 0) is 47.0 Å². The molecule has 2 rings (SSSR count). The molecule has 0 bridgehead atoms. The molecule has 0 unspecified atom stereocenters. The SMILES string of the molecule is CCCNc1cc(Cn2cnc(C)c(Br)c2=O)ccn1. The van der Waals surface area contributed by atoms with Crippen LogP contribution in [0.5, 0.6) is 0 Å². The van der Waals surface area contributed by atoms with Gasteiger partial charge < -0.3 is 5.32 Å². The van der Waals surface area contributed by atoms with Gasteiger partial charge in [-0.2, -0.15) is 0 Å². The fourth-order valence-corrected chi connectivity index (χ4v) is 2.11. The Kier molecular flexibility index (Phi) is 4.89. The number of aromatic nitrogens is 3. The minimum absolute atomic E-state index is 0.0719. The Labute approximate surface area is 126 Å². The lowest BCUT2D eigenvalue weighted by Gasteiger charge is -2.09. The second-order valence-electron chi connectivity index (χ2n) is 4.55. The van der Waals surface area contributed by atoms with Crippen LogP contribution >= 0.6 is 15.9 Å². The summed E-state index contributed by atoms with van der Waals surface area (Å²) in [5, 5.41) is 3.23. The van der Waals surface area contributed by atoms with Crippen molar-refractivity contribution < 1.29 is 0 Å². The summed E-state index contributed by atoms with van der Waals surface area (Å²) in [4.78, 5) is 20.5. The fraction of sp³-hybridized carbons (Fsp3) is 0.357. The lowest BCUT2D eigenvalue weighted by atomic mass is 10.2. The normalized spacial score (nSPS) is 10.6. The molecule has 0 amide bonds. The summed E-state index contributed by atoms with van der Waals surface area (Å²) in [5.41, 5.74) is 1.64. The summed E-state index contributed by atoms with van der Waals surface area (Å²) >= 11 is 3.27. The van der Waals surface area contributed by atoms with Crippen molar-refractivity contribution in [1.82, 2.24) is 14.5 Å². The minimum atomic E-state index is -0.0719. The van der Waals surface area contributed by atoms with E-state index in [1.807, 2.05) is 12.1 Å². The first-order valence-electron chi connectivity index (χ1n) is 6.52. The van der Waals surface area contributed by atoms with E-state index in [4.69, 9.17) is 0 Å². The fourth-order valence-electron chi connectivity index (χ4n) is 1.78. The molecule has 0 saturated heterocycles. The smallest absolute Gasteiger partial charge is 0.268 e. The number of nitrogens with zero attached hydrogens (tertiary/aromatic N) is 3. The van der Waals surface area contributed by atoms with E-state index in [1.165, 1.54) is 0 Å².